The minimum atomic E-state index is 0.108. The van der Waals surface area contributed by atoms with Gasteiger partial charge in [-0.1, -0.05) is 20.8 Å². The lowest BCUT2D eigenvalue weighted by Crippen LogP contribution is -2.40. The zero-order valence-corrected chi connectivity index (χ0v) is 10.3. The molecule has 1 rings (SSSR count). The Labute approximate surface area is 87.7 Å². The molecule has 82 valence electrons. The summed E-state index contributed by atoms with van der Waals surface area (Å²) in [4.78, 5) is 14.1. The quantitative estimate of drug-likeness (QED) is 0.594. The summed E-state index contributed by atoms with van der Waals surface area (Å²) in [7, 11) is 0. The second kappa shape index (κ2) is 3.34. The van der Waals surface area contributed by atoms with E-state index in [2.05, 4.69) is 46.4 Å². The topological polar surface area (TPSA) is 20.3 Å². The second-order valence-electron chi connectivity index (χ2n) is 6.44. The van der Waals surface area contributed by atoms with Crippen LogP contribution in [0.4, 0.5) is 0 Å². The van der Waals surface area contributed by atoms with Crippen LogP contribution in [-0.2, 0) is 4.79 Å². The van der Waals surface area contributed by atoms with Gasteiger partial charge in [0.05, 0.1) is 6.54 Å². The van der Waals surface area contributed by atoms with Crippen molar-refractivity contribution < 1.29 is 4.79 Å². The standard InChI is InChI=1S/C12H23NO/c1-11(2,3)9-7-13(8-10(9)14)12(4,5)6/h9H,7-8H2,1-6H3. The van der Waals surface area contributed by atoms with E-state index in [0.717, 1.165) is 6.54 Å². The molecule has 0 radical (unpaired) electrons. The number of Topliss-reactive ketones (excluding diaryl/α,β-unsaturated/α-hetero) is 1. The Balaban J connectivity index is 2.75. The minimum absolute atomic E-state index is 0.108. The molecule has 1 aliphatic heterocycles. The second-order valence-corrected chi connectivity index (χ2v) is 6.44. The van der Waals surface area contributed by atoms with Gasteiger partial charge in [-0.3, -0.25) is 9.69 Å². The van der Waals surface area contributed by atoms with Crippen LogP contribution < -0.4 is 0 Å². The lowest BCUT2D eigenvalue weighted by Gasteiger charge is -2.32. The van der Waals surface area contributed by atoms with Crippen molar-refractivity contribution in [2.24, 2.45) is 11.3 Å². The molecule has 1 unspecified atom stereocenters. The van der Waals surface area contributed by atoms with E-state index in [1.165, 1.54) is 0 Å². The van der Waals surface area contributed by atoms with Gasteiger partial charge in [-0.05, 0) is 26.2 Å². The van der Waals surface area contributed by atoms with Gasteiger partial charge in [-0.15, -0.1) is 0 Å². The molecule has 1 atom stereocenters. The number of rotatable bonds is 0. The van der Waals surface area contributed by atoms with Crippen LogP contribution in [0.3, 0.4) is 0 Å². The first-order valence-electron chi connectivity index (χ1n) is 5.40. The first-order valence-corrected chi connectivity index (χ1v) is 5.40. The molecule has 2 nitrogen and oxygen atoms in total. The molecule has 0 aromatic rings. The van der Waals surface area contributed by atoms with Crippen LogP contribution in [0.2, 0.25) is 0 Å². The number of ketones is 1. The lowest BCUT2D eigenvalue weighted by molar-refractivity contribution is -0.122. The van der Waals surface area contributed by atoms with Crippen molar-refractivity contribution in [1.29, 1.82) is 0 Å². The average molecular weight is 197 g/mol. The first kappa shape index (κ1) is 11.7. The van der Waals surface area contributed by atoms with E-state index in [0.29, 0.717) is 12.3 Å². The molecule has 0 spiro atoms. The van der Waals surface area contributed by atoms with E-state index in [9.17, 15) is 4.79 Å². The van der Waals surface area contributed by atoms with Gasteiger partial charge in [0, 0.05) is 18.0 Å². The van der Waals surface area contributed by atoms with Crippen LogP contribution >= 0.6 is 0 Å². The maximum absolute atomic E-state index is 11.8. The Kier molecular flexibility index (Phi) is 2.79. The summed E-state index contributed by atoms with van der Waals surface area (Å²) >= 11 is 0. The molecule has 0 aliphatic carbocycles. The third-order valence-electron chi connectivity index (χ3n) is 3.13. The third-order valence-corrected chi connectivity index (χ3v) is 3.13. The molecule has 0 amide bonds. The van der Waals surface area contributed by atoms with Gasteiger partial charge in [-0.2, -0.15) is 0 Å². The van der Waals surface area contributed by atoms with E-state index in [1.807, 2.05) is 0 Å². The molecule has 1 heterocycles. The Morgan fingerprint density at radius 1 is 1.14 bits per heavy atom. The zero-order valence-electron chi connectivity index (χ0n) is 10.3. The fourth-order valence-electron chi connectivity index (χ4n) is 1.95. The van der Waals surface area contributed by atoms with Crippen molar-refractivity contribution in [3.05, 3.63) is 0 Å². The van der Waals surface area contributed by atoms with Gasteiger partial charge in [0.1, 0.15) is 0 Å². The predicted octanol–water partition coefficient (Wildman–Crippen LogP) is 2.33. The number of hydrogen-bond acceptors (Lipinski definition) is 2. The smallest absolute Gasteiger partial charge is 0.151 e. The molecule has 1 fully saturated rings. The van der Waals surface area contributed by atoms with Gasteiger partial charge < -0.3 is 0 Å². The monoisotopic (exact) mass is 197 g/mol. The van der Waals surface area contributed by atoms with Gasteiger partial charge in [-0.25, -0.2) is 0 Å². The molecule has 1 saturated heterocycles. The van der Waals surface area contributed by atoms with Gasteiger partial charge in [0.15, 0.2) is 5.78 Å². The van der Waals surface area contributed by atoms with Gasteiger partial charge in [0.25, 0.3) is 0 Å². The maximum Gasteiger partial charge on any atom is 0.151 e. The summed E-state index contributed by atoms with van der Waals surface area (Å²) in [6, 6.07) is 0. The Bertz CT molecular complexity index is 232. The summed E-state index contributed by atoms with van der Waals surface area (Å²) in [5.41, 5.74) is 0.229. The van der Waals surface area contributed by atoms with E-state index >= 15 is 0 Å². The van der Waals surface area contributed by atoms with E-state index in [1.54, 1.807) is 0 Å². The number of hydrogen-bond donors (Lipinski definition) is 0. The van der Waals surface area contributed by atoms with Crippen molar-refractivity contribution in [3.63, 3.8) is 0 Å². The summed E-state index contributed by atoms with van der Waals surface area (Å²) < 4.78 is 0. The molecule has 0 aromatic carbocycles. The fourth-order valence-corrected chi connectivity index (χ4v) is 1.95. The highest BCUT2D eigenvalue weighted by molar-refractivity contribution is 5.86. The average Bonchev–Trinajstić information content (AvgIpc) is 2.27. The largest absolute Gasteiger partial charge is 0.298 e. The number of carbonyl (C=O) groups excluding carboxylic acids is 1. The first-order chi connectivity index (χ1) is 6.12. The van der Waals surface area contributed by atoms with Gasteiger partial charge >= 0.3 is 0 Å². The summed E-state index contributed by atoms with van der Waals surface area (Å²) in [6.45, 7) is 14.5. The normalized spacial score (nSPS) is 25.9. The Morgan fingerprint density at radius 2 is 1.64 bits per heavy atom. The van der Waals surface area contributed by atoms with Crippen LogP contribution in [0.5, 0.6) is 0 Å². The van der Waals surface area contributed by atoms with Crippen LogP contribution in [0.25, 0.3) is 0 Å². The Morgan fingerprint density at radius 3 is 1.86 bits per heavy atom. The van der Waals surface area contributed by atoms with Crippen molar-refractivity contribution in [1.82, 2.24) is 4.90 Å². The highest BCUT2D eigenvalue weighted by atomic mass is 16.1. The zero-order chi connectivity index (χ0) is 11.1. The van der Waals surface area contributed by atoms with Crippen LogP contribution in [0, 0.1) is 11.3 Å². The maximum atomic E-state index is 11.8. The molecule has 0 aromatic heterocycles. The minimum Gasteiger partial charge on any atom is -0.298 e. The summed E-state index contributed by atoms with van der Waals surface area (Å²) in [6.07, 6.45) is 0. The van der Waals surface area contributed by atoms with Crippen LogP contribution in [-0.4, -0.2) is 29.3 Å². The highest BCUT2D eigenvalue weighted by Crippen LogP contribution is 2.33. The number of nitrogens with zero attached hydrogens (tertiary/aromatic N) is 1. The van der Waals surface area contributed by atoms with Crippen molar-refractivity contribution in [2.75, 3.05) is 13.1 Å². The summed E-state index contributed by atoms with van der Waals surface area (Å²) in [5.74, 6) is 0.620. The Hall–Kier alpha value is -0.370. The van der Waals surface area contributed by atoms with Crippen molar-refractivity contribution >= 4 is 5.78 Å². The molecular formula is C12H23NO. The highest BCUT2D eigenvalue weighted by Gasteiger charge is 2.41. The molecule has 1 aliphatic rings. The van der Waals surface area contributed by atoms with Crippen LogP contribution in [0.15, 0.2) is 0 Å². The van der Waals surface area contributed by atoms with Crippen LogP contribution in [0.1, 0.15) is 41.5 Å². The molecule has 0 N–H and O–H groups in total. The predicted molar refractivity (Wildman–Crippen MR) is 59.3 cm³/mol. The van der Waals surface area contributed by atoms with Crippen molar-refractivity contribution in [2.45, 2.75) is 47.1 Å². The number of carbonyl (C=O) groups is 1. The van der Waals surface area contributed by atoms with E-state index < -0.39 is 0 Å². The third kappa shape index (κ3) is 2.35. The molecule has 2 heteroatoms. The fraction of sp³-hybridized carbons (Fsp3) is 0.917. The molecular weight excluding hydrogens is 174 g/mol. The van der Waals surface area contributed by atoms with Gasteiger partial charge in [0.2, 0.25) is 0 Å². The SMILES string of the molecule is CC(C)(C)C1CN(C(C)(C)C)CC1=O. The molecule has 0 saturated carbocycles. The molecule has 0 bridgehead atoms. The van der Waals surface area contributed by atoms with E-state index in [-0.39, 0.29) is 16.9 Å². The van der Waals surface area contributed by atoms with Crippen molar-refractivity contribution in [3.8, 4) is 0 Å². The summed E-state index contributed by atoms with van der Waals surface area (Å²) in [5, 5.41) is 0. The molecule has 14 heavy (non-hydrogen) atoms. The van der Waals surface area contributed by atoms with E-state index in [4.69, 9.17) is 0 Å². The lowest BCUT2D eigenvalue weighted by atomic mass is 9.79. The number of likely N-dealkylation sites (tertiary alicyclic amines) is 1.